The second-order valence-electron chi connectivity index (χ2n) is 9.41. The van der Waals surface area contributed by atoms with Crippen molar-refractivity contribution in [3.05, 3.63) is 65.4 Å². The summed E-state index contributed by atoms with van der Waals surface area (Å²) in [5.74, 6) is -1.01. The van der Waals surface area contributed by atoms with Crippen LogP contribution < -0.4 is 5.73 Å². The summed E-state index contributed by atoms with van der Waals surface area (Å²) in [6.07, 6.45) is 4.04. The third kappa shape index (κ3) is 3.90. The van der Waals surface area contributed by atoms with Crippen molar-refractivity contribution < 1.29 is 9.90 Å². The lowest BCUT2D eigenvalue weighted by Crippen LogP contribution is -2.53. The molecule has 1 unspecified atom stereocenters. The number of aliphatic carboxylic acids is 1. The maximum absolute atomic E-state index is 11.9. The summed E-state index contributed by atoms with van der Waals surface area (Å²) in [6.45, 7) is 8.23. The zero-order valence-electron chi connectivity index (χ0n) is 19.4. The summed E-state index contributed by atoms with van der Waals surface area (Å²) in [5, 5.41) is 11.1. The van der Waals surface area contributed by atoms with Crippen molar-refractivity contribution >= 4 is 22.6 Å². The van der Waals surface area contributed by atoms with Crippen LogP contribution in [-0.2, 0) is 11.2 Å². The minimum absolute atomic E-state index is 0.193. The lowest BCUT2D eigenvalue weighted by atomic mass is 9.61. The maximum Gasteiger partial charge on any atom is 0.306 e. The van der Waals surface area contributed by atoms with E-state index in [2.05, 4.69) is 41.1 Å². The molecule has 1 saturated heterocycles. The minimum Gasteiger partial charge on any atom is -0.481 e. The molecule has 3 heterocycles. The third-order valence-corrected chi connectivity index (χ3v) is 7.73. The number of hydrogen-bond acceptors (Lipinski definition) is 3. The molecule has 170 valence electrons. The maximum atomic E-state index is 11.9. The molecule has 0 bridgehead atoms. The SMILES string of the molecule is CC[C@@]1(C(C)C(=O)O)CCCN2CCc3c([nH]c4ccccc34)[C@@H]21.Cc1ccc(N)cc1. The second kappa shape index (κ2) is 8.99. The molecule has 0 amide bonds. The molecule has 4 N–H and O–H groups in total. The molecule has 0 aliphatic carbocycles. The van der Waals surface area contributed by atoms with Gasteiger partial charge in [-0.2, -0.15) is 0 Å². The molecule has 32 heavy (non-hydrogen) atoms. The van der Waals surface area contributed by atoms with Crippen molar-refractivity contribution in [1.29, 1.82) is 0 Å². The number of para-hydroxylation sites is 1. The Morgan fingerprint density at radius 2 is 1.94 bits per heavy atom. The van der Waals surface area contributed by atoms with Crippen molar-refractivity contribution in [2.45, 2.75) is 52.5 Å². The summed E-state index contributed by atoms with van der Waals surface area (Å²) >= 11 is 0. The fourth-order valence-electron chi connectivity index (χ4n) is 5.87. The van der Waals surface area contributed by atoms with Gasteiger partial charge in [-0.15, -0.1) is 0 Å². The number of hydrogen-bond donors (Lipinski definition) is 3. The molecule has 0 spiro atoms. The molecule has 2 aromatic carbocycles. The van der Waals surface area contributed by atoms with Crippen LogP contribution in [0.15, 0.2) is 48.5 Å². The molecular weight excluding hydrogens is 398 g/mol. The van der Waals surface area contributed by atoms with Crippen LogP contribution in [0.2, 0.25) is 0 Å². The number of rotatable bonds is 3. The smallest absolute Gasteiger partial charge is 0.306 e. The zero-order valence-corrected chi connectivity index (χ0v) is 19.4. The number of carbonyl (C=O) groups is 1. The van der Waals surface area contributed by atoms with E-state index in [9.17, 15) is 9.90 Å². The average Bonchev–Trinajstić information content (AvgIpc) is 3.19. The van der Waals surface area contributed by atoms with E-state index < -0.39 is 5.97 Å². The number of piperidine rings is 1. The van der Waals surface area contributed by atoms with Crippen molar-refractivity contribution in [3.63, 3.8) is 0 Å². The Morgan fingerprint density at radius 3 is 2.59 bits per heavy atom. The number of benzene rings is 2. The zero-order chi connectivity index (χ0) is 22.9. The average molecular weight is 434 g/mol. The first-order valence-corrected chi connectivity index (χ1v) is 11.8. The topological polar surface area (TPSA) is 82.3 Å². The van der Waals surface area contributed by atoms with Gasteiger partial charge in [-0.05, 0) is 62.9 Å². The van der Waals surface area contributed by atoms with Crippen LogP contribution in [0.5, 0.6) is 0 Å². The highest BCUT2D eigenvalue weighted by Gasteiger charge is 2.52. The summed E-state index contributed by atoms with van der Waals surface area (Å²) in [4.78, 5) is 18.1. The fraction of sp³-hybridized carbons (Fsp3) is 0.444. The number of nitrogens with one attached hydrogen (secondary N) is 1. The van der Waals surface area contributed by atoms with E-state index in [1.54, 1.807) is 0 Å². The molecule has 3 atom stereocenters. The number of aromatic amines is 1. The Labute approximate surface area is 190 Å². The predicted octanol–water partition coefficient (Wildman–Crippen LogP) is 5.56. The largest absolute Gasteiger partial charge is 0.481 e. The van der Waals surface area contributed by atoms with E-state index in [4.69, 9.17) is 5.73 Å². The standard InChI is InChI=1S/C20H26N2O2.C7H9N/c1-3-20(13(2)19(23)24)10-6-11-22-12-9-15-14-7-4-5-8-16(14)21-17(15)18(20)22;1-6-2-4-7(8)5-3-6/h4-5,7-8,13,18,21H,3,6,9-12H2,1-2H3,(H,23,24);2-5H,8H2,1H3/t13?,18-,20+;/m1./s1. The number of fused-ring (bicyclic) bond motifs is 5. The first-order valence-electron chi connectivity index (χ1n) is 11.8. The summed E-state index contributed by atoms with van der Waals surface area (Å²) < 4.78 is 0. The van der Waals surface area contributed by atoms with E-state index in [1.807, 2.05) is 38.1 Å². The van der Waals surface area contributed by atoms with Gasteiger partial charge >= 0.3 is 5.97 Å². The van der Waals surface area contributed by atoms with Gasteiger partial charge in [-0.1, -0.05) is 49.7 Å². The van der Waals surface area contributed by atoms with Crippen LogP contribution in [0.4, 0.5) is 5.69 Å². The predicted molar refractivity (Wildman–Crippen MR) is 131 cm³/mol. The number of nitrogens with two attached hydrogens (primary N) is 1. The molecule has 5 heteroatoms. The van der Waals surface area contributed by atoms with Crippen LogP contribution in [0.1, 0.15) is 56.0 Å². The highest BCUT2D eigenvalue weighted by atomic mass is 16.4. The first-order chi connectivity index (χ1) is 15.4. The van der Waals surface area contributed by atoms with Crippen molar-refractivity contribution in [2.24, 2.45) is 11.3 Å². The number of H-pyrrole nitrogens is 1. The number of carboxylic acids is 1. The van der Waals surface area contributed by atoms with E-state index in [1.165, 1.54) is 27.7 Å². The normalized spacial score (nSPS) is 23.5. The molecule has 2 aliphatic heterocycles. The lowest BCUT2D eigenvalue weighted by molar-refractivity contribution is -0.151. The van der Waals surface area contributed by atoms with Crippen LogP contribution in [0.3, 0.4) is 0 Å². The number of aromatic nitrogens is 1. The van der Waals surface area contributed by atoms with E-state index in [-0.39, 0.29) is 17.4 Å². The lowest BCUT2D eigenvalue weighted by Gasteiger charge is -2.53. The van der Waals surface area contributed by atoms with Crippen LogP contribution >= 0.6 is 0 Å². The third-order valence-electron chi connectivity index (χ3n) is 7.73. The minimum atomic E-state index is -0.665. The van der Waals surface area contributed by atoms with Crippen LogP contribution in [-0.4, -0.2) is 34.0 Å². The number of anilines is 1. The summed E-state index contributed by atoms with van der Waals surface area (Å²) in [7, 11) is 0. The van der Waals surface area contributed by atoms with Gasteiger partial charge in [-0.25, -0.2) is 0 Å². The molecule has 1 fully saturated rings. The van der Waals surface area contributed by atoms with Crippen molar-refractivity contribution in [1.82, 2.24) is 9.88 Å². The highest BCUT2D eigenvalue weighted by Crippen LogP contribution is 2.55. The van der Waals surface area contributed by atoms with E-state index in [0.717, 1.165) is 44.5 Å². The Morgan fingerprint density at radius 1 is 1.22 bits per heavy atom. The van der Waals surface area contributed by atoms with Gasteiger partial charge in [-0.3, -0.25) is 9.69 Å². The molecule has 2 aliphatic rings. The van der Waals surface area contributed by atoms with Gasteiger partial charge < -0.3 is 15.8 Å². The molecule has 5 nitrogen and oxygen atoms in total. The van der Waals surface area contributed by atoms with Crippen LogP contribution in [0, 0.1) is 18.3 Å². The molecule has 0 radical (unpaired) electrons. The Balaban J connectivity index is 0.000000260. The second-order valence-corrected chi connectivity index (χ2v) is 9.41. The summed E-state index contributed by atoms with van der Waals surface area (Å²) in [5.41, 5.74) is 11.2. The van der Waals surface area contributed by atoms with Crippen molar-refractivity contribution in [2.75, 3.05) is 18.8 Å². The molecule has 3 aromatic rings. The van der Waals surface area contributed by atoms with Gasteiger partial charge in [0.1, 0.15) is 0 Å². The number of nitrogens with zero attached hydrogens (tertiary/aromatic N) is 1. The summed E-state index contributed by atoms with van der Waals surface area (Å²) in [6, 6.07) is 16.5. The Kier molecular flexibility index (Phi) is 6.29. The molecule has 1 aromatic heterocycles. The number of carboxylic acid groups (broad SMARTS) is 1. The molecular formula is C27H35N3O2. The molecule has 5 rings (SSSR count). The van der Waals surface area contributed by atoms with Crippen molar-refractivity contribution in [3.8, 4) is 0 Å². The Hall–Kier alpha value is -2.79. The number of aryl methyl sites for hydroxylation is 1. The first kappa shape index (κ1) is 22.4. The molecule has 0 saturated carbocycles. The van der Waals surface area contributed by atoms with Gasteiger partial charge in [0.2, 0.25) is 0 Å². The van der Waals surface area contributed by atoms with Gasteiger partial charge in [0.25, 0.3) is 0 Å². The fourth-order valence-corrected chi connectivity index (χ4v) is 5.87. The van der Waals surface area contributed by atoms with Gasteiger partial charge in [0.05, 0.1) is 12.0 Å². The van der Waals surface area contributed by atoms with E-state index in [0.29, 0.717) is 0 Å². The van der Waals surface area contributed by atoms with Crippen LogP contribution in [0.25, 0.3) is 10.9 Å². The number of nitrogen functional groups attached to an aromatic ring is 1. The van der Waals surface area contributed by atoms with E-state index >= 15 is 0 Å². The Bertz CT molecular complexity index is 1070. The van der Waals surface area contributed by atoms with Gasteiger partial charge in [0.15, 0.2) is 0 Å². The quantitative estimate of drug-likeness (QED) is 0.473. The highest BCUT2D eigenvalue weighted by molar-refractivity contribution is 5.85. The van der Waals surface area contributed by atoms with Gasteiger partial charge in [0, 0.05) is 34.2 Å². The monoisotopic (exact) mass is 433 g/mol.